The molecule has 19 heavy (non-hydrogen) atoms. The molecule has 0 heterocycles. The minimum atomic E-state index is -1.35. The van der Waals surface area contributed by atoms with Gasteiger partial charge in [0.25, 0.3) is 5.91 Å². The predicted molar refractivity (Wildman–Crippen MR) is 74.0 cm³/mol. The first-order valence-electron chi connectivity index (χ1n) is 5.81. The molecule has 0 radical (unpaired) electrons. The molecule has 104 valence electrons. The van der Waals surface area contributed by atoms with Gasteiger partial charge in [-0.05, 0) is 24.0 Å². The molecule has 0 aliphatic carbocycles. The summed E-state index contributed by atoms with van der Waals surface area (Å²) in [5, 5.41) is 21.2. The molecule has 1 rings (SSSR count). The molecule has 2 atom stereocenters. The Bertz CT molecular complexity index is 424. The molecule has 3 N–H and O–H groups in total. The Labute approximate surface area is 116 Å². The van der Waals surface area contributed by atoms with Crippen molar-refractivity contribution < 1.29 is 19.8 Å². The Morgan fingerprint density at radius 2 is 1.95 bits per heavy atom. The number of aliphatic hydroxyl groups is 1. The zero-order chi connectivity index (χ0) is 14.3. The molecule has 0 saturated heterocycles. The fraction of sp³-hybridized carbons (Fsp3) is 0.385. The van der Waals surface area contributed by atoms with E-state index in [4.69, 9.17) is 5.11 Å². The van der Waals surface area contributed by atoms with Gasteiger partial charge in [0.2, 0.25) is 0 Å². The Morgan fingerprint density at radius 1 is 1.32 bits per heavy atom. The summed E-state index contributed by atoms with van der Waals surface area (Å²) >= 11 is 1.50. The van der Waals surface area contributed by atoms with Gasteiger partial charge >= 0.3 is 5.97 Å². The average molecular weight is 283 g/mol. The average Bonchev–Trinajstić information content (AvgIpc) is 2.43. The summed E-state index contributed by atoms with van der Waals surface area (Å²) < 4.78 is 0. The Kier molecular flexibility index (Phi) is 6.38. The van der Waals surface area contributed by atoms with Gasteiger partial charge in [0, 0.05) is 0 Å². The zero-order valence-electron chi connectivity index (χ0n) is 10.6. The Morgan fingerprint density at radius 3 is 2.47 bits per heavy atom. The molecule has 6 heteroatoms. The van der Waals surface area contributed by atoms with Crippen LogP contribution in [0.5, 0.6) is 0 Å². The van der Waals surface area contributed by atoms with Gasteiger partial charge in [-0.15, -0.1) is 0 Å². The van der Waals surface area contributed by atoms with Crippen molar-refractivity contribution in [2.24, 2.45) is 0 Å². The molecule has 1 aromatic carbocycles. The molecule has 0 fully saturated rings. The number of carbonyl (C=O) groups is 2. The van der Waals surface area contributed by atoms with Crippen LogP contribution in [0.15, 0.2) is 30.3 Å². The number of carboxylic acids is 1. The largest absolute Gasteiger partial charge is 0.480 e. The van der Waals surface area contributed by atoms with E-state index in [-0.39, 0.29) is 0 Å². The van der Waals surface area contributed by atoms with Crippen LogP contribution in [0, 0.1) is 0 Å². The SMILES string of the molecule is CSCC[C@H](NC(=O)C(O)c1ccccc1)C(=O)O. The van der Waals surface area contributed by atoms with Crippen molar-refractivity contribution in [3.8, 4) is 0 Å². The molecule has 0 aliphatic heterocycles. The molecule has 0 aromatic heterocycles. The molecular formula is C13H17NO4S. The highest BCUT2D eigenvalue weighted by Gasteiger charge is 2.24. The van der Waals surface area contributed by atoms with Gasteiger partial charge in [0.15, 0.2) is 6.10 Å². The van der Waals surface area contributed by atoms with Gasteiger partial charge in [0.05, 0.1) is 0 Å². The van der Waals surface area contributed by atoms with Crippen LogP contribution < -0.4 is 5.32 Å². The van der Waals surface area contributed by atoms with Crippen LogP contribution in [0.4, 0.5) is 0 Å². The van der Waals surface area contributed by atoms with E-state index < -0.39 is 24.0 Å². The third-order valence-corrected chi connectivity index (χ3v) is 3.23. The summed E-state index contributed by atoms with van der Waals surface area (Å²) in [6.07, 6.45) is 0.834. The topological polar surface area (TPSA) is 86.6 Å². The lowest BCUT2D eigenvalue weighted by molar-refractivity contribution is -0.143. The van der Waals surface area contributed by atoms with E-state index in [1.807, 2.05) is 6.26 Å². The number of aliphatic hydroxyl groups excluding tert-OH is 1. The molecule has 1 aromatic rings. The number of carboxylic acid groups (broad SMARTS) is 1. The van der Waals surface area contributed by atoms with Crippen LogP contribution in [0.1, 0.15) is 18.1 Å². The van der Waals surface area contributed by atoms with Gasteiger partial charge in [-0.25, -0.2) is 4.79 Å². The van der Waals surface area contributed by atoms with E-state index in [0.717, 1.165) is 0 Å². The lowest BCUT2D eigenvalue weighted by Crippen LogP contribution is -2.43. The third-order valence-electron chi connectivity index (χ3n) is 2.59. The highest BCUT2D eigenvalue weighted by Crippen LogP contribution is 2.12. The quantitative estimate of drug-likeness (QED) is 0.696. The first kappa shape index (κ1) is 15.5. The van der Waals surface area contributed by atoms with E-state index in [0.29, 0.717) is 17.7 Å². The van der Waals surface area contributed by atoms with Crippen molar-refractivity contribution in [3.63, 3.8) is 0 Å². The van der Waals surface area contributed by atoms with Gasteiger partial charge in [-0.2, -0.15) is 11.8 Å². The number of carbonyl (C=O) groups excluding carboxylic acids is 1. The standard InChI is InChI=1S/C13H17NO4S/c1-19-8-7-10(13(17)18)14-12(16)11(15)9-5-3-2-4-6-9/h2-6,10-11,15H,7-8H2,1H3,(H,14,16)(H,17,18)/t10-,11?/m0/s1. The number of hydrogen-bond acceptors (Lipinski definition) is 4. The van der Waals surface area contributed by atoms with Crippen LogP contribution in [-0.4, -0.2) is 40.1 Å². The second kappa shape index (κ2) is 7.81. The van der Waals surface area contributed by atoms with E-state index >= 15 is 0 Å². The van der Waals surface area contributed by atoms with E-state index in [1.165, 1.54) is 11.8 Å². The van der Waals surface area contributed by atoms with Gasteiger partial charge in [0.1, 0.15) is 6.04 Å². The molecule has 0 saturated carbocycles. The summed E-state index contributed by atoms with van der Waals surface area (Å²) in [7, 11) is 0. The number of nitrogens with one attached hydrogen (secondary N) is 1. The van der Waals surface area contributed by atoms with Crippen molar-refractivity contribution in [2.75, 3.05) is 12.0 Å². The number of hydrogen-bond donors (Lipinski definition) is 3. The molecule has 1 unspecified atom stereocenters. The van der Waals surface area contributed by atoms with Gasteiger partial charge in [-0.1, -0.05) is 30.3 Å². The minimum Gasteiger partial charge on any atom is -0.480 e. The predicted octanol–water partition coefficient (Wildman–Crippen LogP) is 1.04. The van der Waals surface area contributed by atoms with Crippen molar-refractivity contribution >= 4 is 23.6 Å². The molecular weight excluding hydrogens is 266 g/mol. The van der Waals surface area contributed by atoms with Crippen LogP contribution in [0.2, 0.25) is 0 Å². The highest BCUT2D eigenvalue weighted by atomic mass is 32.2. The smallest absolute Gasteiger partial charge is 0.326 e. The normalized spacial score (nSPS) is 13.6. The van der Waals surface area contributed by atoms with Gasteiger partial charge in [-0.3, -0.25) is 4.79 Å². The van der Waals surface area contributed by atoms with E-state index in [1.54, 1.807) is 30.3 Å². The van der Waals surface area contributed by atoms with Crippen LogP contribution in [0.3, 0.4) is 0 Å². The van der Waals surface area contributed by atoms with Crippen LogP contribution in [-0.2, 0) is 9.59 Å². The number of rotatable bonds is 7. The summed E-state index contributed by atoms with van der Waals surface area (Å²) in [4.78, 5) is 22.8. The second-order valence-corrected chi connectivity index (χ2v) is 4.98. The summed E-state index contributed by atoms with van der Waals surface area (Å²) in [5.74, 6) is -1.17. The number of aliphatic carboxylic acids is 1. The maximum absolute atomic E-state index is 11.8. The maximum atomic E-state index is 11.8. The first-order valence-corrected chi connectivity index (χ1v) is 7.20. The minimum absolute atomic E-state index is 0.323. The first-order chi connectivity index (χ1) is 9.06. The Hall–Kier alpha value is -1.53. The van der Waals surface area contributed by atoms with E-state index in [2.05, 4.69) is 5.32 Å². The summed E-state index contributed by atoms with van der Waals surface area (Å²) in [6.45, 7) is 0. The van der Waals surface area contributed by atoms with Crippen molar-refractivity contribution in [1.82, 2.24) is 5.32 Å². The van der Waals surface area contributed by atoms with Crippen molar-refractivity contribution in [1.29, 1.82) is 0 Å². The van der Waals surface area contributed by atoms with Crippen LogP contribution >= 0.6 is 11.8 Å². The fourth-order valence-electron chi connectivity index (χ4n) is 1.53. The highest BCUT2D eigenvalue weighted by molar-refractivity contribution is 7.98. The number of amides is 1. The summed E-state index contributed by atoms with van der Waals surface area (Å²) in [6, 6.07) is 7.43. The van der Waals surface area contributed by atoms with Gasteiger partial charge < -0.3 is 15.5 Å². The summed E-state index contributed by atoms with van der Waals surface area (Å²) in [5.41, 5.74) is 0.439. The number of thioether (sulfide) groups is 1. The van der Waals surface area contributed by atoms with Crippen LogP contribution in [0.25, 0.3) is 0 Å². The molecule has 0 aliphatic rings. The monoisotopic (exact) mass is 283 g/mol. The Balaban J connectivity index is 2.64. The van der Waals surface area contributed by atoms with Crippen molar-refractivity contribution in [2.45, 2.75) is 18.6 Å². The van der Waals surface area contributed by atoms with Crippen molar-refractivity contribution in [3.05, 3.63) is 35.9 Å². The zero-order valence-corrected chi connectivity index (χ0v) is 11.4. The third kappa shape index (κ3) is 4.92. The number of benzene rings is 1. The molecule has 5 nitrogen and oxygen atoms in total. The molecule has 0 bridgehead atoms. The maximum Gasteiger partial charge on any atom is 0.326 e. The lowest BCUT2D eigenvalue weighted by atomic mass is 10.1. The molecule has 1 amide bonds. The fourth-order valence-corrected chi connectivity index (χ4v) is 2.00. The second-order valence-electron chi connectivity index (χ2n) is 3.99. The van der Waals surface area contributed by atoms with E-state index in [9.17, 15) is 14.7 Å². The lowest BCUT2D eigenvalue weighted by Gasteiger charge is -2.17. The molecule has 0 spiro atoms.